The van der Waals surface area contributed by atoms with Crippen LogP contribution in [0.15, 0.2) is 77.0 Å². The van der Waals surface area contributed by atoms with E-state index >= 15 is 0 Å². The summed E-state index contributed by atoms with van der Waals surface area (Å²) >= 11 is 1.76. The van der Waals surface area contributed by atoms with Crippen LogP contribution in [-0.2, 0) is 4.74 Å². The number of hydrogen-bond donors (Lipinski definition) is 2. The van der Waals surface area contributed by atoms with Crippen LogP contribution < -0.4 is 11.1 Å². The first-order valence-electron chi connectivity index (χ1n) is 10.7. The van der Waals surface area contributed by atoms with E-state index in [-0.39, 0.29) is 6.61 Å². The number of rotatable bonds is 4. The zero-order chi connectivity index (χ0) is 23.1. The summed E-state index contributed by atoms with van der Waals surface area (Å²) < 4.78 is 5.15. The van der Waals surface area contributed by atoms with E-state index in [1.165, 1.54) is 9.79 Å². The van der Waals surface area contributed by atoms with Crippen molar-refractivity contribution in [2.24, 2.45) is 0 Å². The average Bonchev–Trinajstić information content (AvgIpc) is 2.81. The Kier molecular flexibility index (Phi) is 5.30. The highest BCUT2D eigenvalue weighted by Crippen LogP contribution is 2.45. The minimum absolute atomic E-state index is 0.286. The van der Waals surface area contributed by atoms with Crippen LogP contribution in [0.5, 0.6) is 0 Å². The number of nitrogens with one attached hydrogen (secondary N) is 1. The van der Waals surface area contributed by atoms with Crippen LogP contribution in [0.3, 0.4) is 0 Å². The van der Waals surface area contributed by atoms with Gasteiger partial charge < -0.3 is 15.8 Å². The molecule has 33 heavy (non-hydrogen) atoms. The number of aromatic nitrogens is 1. The van der Waals surface area contributed by atoms with Gasteiger partial charge in [0.1, 0.15) is 5.56 Å². The molecular weight excluding hydrogens is 430 g/mol. The largest absolute Gasteiger partial charge is 0.462 e. The summed E-state index contributed by atoms with van der Waals surface area (Å²) in [5, 5.41) is 4.25. The van der Waals surface area contributed by atoms with E-state index in [0.29, 0.717) is 16.9 Å². The molecule has 0 amide bonds. The quantitative estimate of drug-likeness (QED) is 0.300. The number of benzene rings is 3. The number of anilines is 3. The molecule has 0 spiro atoms. The standard InChI is InChI=1S/C27H23N3O2S/c1-4-32-27(31)25-16(3)29-21-13-17(9-11-19(21)26(25)28)15(2)18-10-12-24-22(14-18)30-20-7-5-6-8-23(20)33-24/h5-14,30H,2,4H2,1,3H3,(H2,28,29). The lowest BCUT2D eigenvalue weighted by molar-refractivity contribution is 0.0526. The Bertz CT molecular complexity index is 1450. The summed E-state index contributed by atoms with van der Waals surface area (Å²) in [6.45, 7) is 8.17. The summed E-state index contributed by atoms with van der Waals surface area (Å²) in [5.41, 5.74) is 13.3. The normalized spacial score (nSPS) is 11.9. The fourth-order valence-corrected chi connectivity index (χ4v) is 5.03. The molecule has 164 valence electrons. The lowest BCUT2D eigenvalue weighted by Crippen LogP contribution is -2.12. The van der Waals surface area contributed by atoms with Crippen LogP contribution in [0.25, 0.3) is 16.5 Å². The van der Waals surface area contributed by atoms with Gasteiger partial charge in [-0.3, -0.25) is 4.98 Å². The summed E-state index contributed by atoms with van der Waals surface area (Å²) in [7, 11) is 0. The number of nitrogen functional groups attached to an aromatic ring is 1. The molecule has 0 aliphatic carbocycles. The first-order valence-corrected chi connectivity index (χ1v) is 11.5. The van der Waals surface area contributed by atoms with E-state index in [4.69, 9.17) is 10.5 Å². The fraction of sp³-hybridized carbons (Fsp3) is 0.111. The highest BCUT2D eigenvalue weighted by Gasteiger charge is 2.20. The molecule has 0 unspecified atom stereocenters. The molecule has 1 aliphatic rings. The van der Waals surface area contributed by atoms with Crippen molar-refractivity contribution in [1.29, 1.82) is 0 Å². The molecule has 6 heteroatoms. The monoisotopic (exact) mass is 453 g/mol. The Hall–Kier alpha value is -3.77. The molecule has 4 aromatic rings. The van der Waals surface area contributed by atoms with Crippen molar-refractivity contribution in [1.82, 2.24) is 4.98 Å². The molecule has 0 saturated carbocycles. The van der Waals surface area contributed by atoms with Crippen molar-refractivity contribution >= 4 is 51.3 Å². The number of pyridine rings is 1. The SMILES string of the molecule is C=C(c1ccc2c(c1)Nc1ccccc1S2)c1ccc2c(N)c(C(=O)OCC)c(C)nc2c1. The van der Waals surface area contributed by atoms with E-state index < -0.39 is 5.97 Å². The van der Waals surface area contributed by atoms with Gasteiger partial charge in [-0.25, -0.2) is 4.79 Å². The maximum Gasteiger partial charge on any atom is 0.342 e. The molecule has 5 rings (SSSR count). The lowest BCUT2D eigenvalue weighted by atomic mass is 9.96. The van der Waals surface area contributed by atoms with Crippen LogP contribution >= 0.6 is 11.8 Å². The Balaban J connectivity index is 1.49. The molecule has 0 fully saturated rings. The van der Waals surface area contributed by atoms with E-state index in [2.05, 4.69) is 47.2 Å². The van der Waals surface area contributed by atoms with Crippen molar-refractivity contribution in [2.75, 3.05) is 17.7 Å². The molecule has 2 heterocycles. The van der Waals surface area contributed by atoms with Crippen molar-refractivity contribution in [2.45, 2.75) is 23.6 Å². The molecule has 0 atom stereocenters. The number of hydrogen-bond acceptors (Lipinski definition) is 6. The zero-order valence-corrected chi connectivity index (χ0v) is 19.3. The lowest BCUT2D eigenvalue weighted by Gasteiger charge is -2.21. The van der Waals surface area contributed by atoms with E-state index in [1.807, 2.05) is 30.3 Å². The number of ether oxygens (including phenoxy) is 1. The van der Waals surface area contributed by atoms with Crippen LogP contribution in [0.1, 0.15) is 34.1 Å². The van der Waals surface area contributed by atoms with Crippen LogP contribution in [-0.4, -0.2) is 17.6 Å². The summed E-state index contributed by atoms with van der Waals surface area (Å²) in [6, 6.07) is 20.4. The van der Waals surface area contributed by atoms with Crippen LogP contribution in [0.2, 0.25) is 0 Å². The molecule has 3 aromatic carbocycles. The van der Waals surface area contributed by atoms with Crippen molar-refractivity contribution in [3.8, 4) is 0 Å². The number of carbonyl (C=O) groups excluding carboxylic acids is 1. The minimum Gasteiger partial charge on any atom is -0.462 e. The third-order valence-electron chi connectivity index (χ3n) is 5.74. The predicted molar refractivity (Wildman–Crippen MR) is 135 cm³/mol. The van der Waals surface area contributed by atoms with Crippen molar-refractivity contribution in [3.05, 3.63) is 89.6 Å². The minimum atomic E-state index is -0.448. The molecule has 0 bridgehead atoms. The van der Waals surface area contributed by atoms with E-state index in [1.54, 1.807) is 25.6 Å². The molecule has 0 saturated heterocycles. The van der Waals surface area contributed by atoms with Gasteiger partial charge in [-0.05, 0) is 60.9 Å². The molecule has 1 aliphatic heterocycles. The second kappa shape index (κ2) is 8.30. The van der Waals surface area contributed by atoms with Gasteiger partial charge in [0.15, 0.2) is 0 Å². The van der Waals surface area contributed by atoms with Gasteiger partial charge in [-0.1, -0.05) is 48.7 Å². The zero-order valence-electron chi connectivity index (χ0n) is 18.4. The molecule has 3 N–H and O–H groups in total. The summed E-state index contributed by atoms with van der Waals surface area (Å²) in [5.74, 6) is -0.448. The van der Waals surface area contributed by atoms with Gasteiger partial charge in [-0.15, -0.1) is 0 Å². The second-order valence-electron chi connectivity index (χ2n) is 7.85. The first kappa shape index (κ1) is 21.1. The number of fused-ring (bicyclic) bond motifs is 3. The fourth-order valence-electron chi connectivity index (χ4n) is 4.06. The molecule has 0 radical (unpaired) electrons. The van der Waals surface area contributed by atoms with Gasteiger partial charge >= 0.3 is 5.97 Å². The topological polar surface area (TPSA) is 77.2 Å². The smallest absolute Gasteiger partial charge is 0.342 e. The number of carbonyl (C=O) groups is 1. The van der Waals surface area contributed by atoms with Gasteiger partial charge in [0.2, 0.25) is 0 Å². The van der Waals surface area contributed by atoms with E-state index in [0.717, 1.165) is 39.0 Å². The molecular formula is C27H23N3O2S. The van der Waals surface area contributed by atoms with Gasteiger partial charge in [0.25, 0.3) is 0 Å². The average molecular weight is 454 g/mol. The third-order valence-corrected chi connectivity index (χ3v) is 6.89. The number of para-hydroxylation sites is 1. The maximum atomic E-state index is 12.3. The van der Waals surface area contributed by atoms with Crippen LogP contribution in [0, 0.1) is 6.92 Å². The first-order chi connectivity index (χ1) is 16.0. The highest BCUT2D eigenvalue weighted by atomic mass is 32.2. The number of aryl methyl sites for hydroxylation is 1. The van der Waals surface area contributed by atoms with Gasteiger partial charge in [0.05, 0.1) is 34.9 Å². The number of nitrogens with zero attached hydrogens (tertiary/aromatic N) is 1. The molecule has 5 nitrogen and oxygen atoms in total. The second-order valence-corrected chi connectivity index (χ2v) is 8.93. The Labute approximate surface area is 196 Å². The van der Waals surface area contributed by atoms with Gasteiger partial charge in [0, 0.05) is 15.2 Å². The van der Waals surface area contributed by atoms with E-state index in [9.17, 15) is 4.79 Å². The highest BCUT2D eigenvalue weighted by molar-refractivity contribution is 7.99. The van der Waals surface area contributed by atoms with Crippen molar-refractivity contribution < 1.29 is 9.53 Å². The third kappa shape index (κ3) is 3.72. The Morgan fingerprint density at radius 1 is 1.06 bits per heavy atom. The van der Waals surface area contributed by atoms with Gasteiger partial charge in [-0.2, -0.15) is 0 Å². The number of esters is 1. The van der Waals surface area contributed by atoms with Crippen molar-refractivity contribution in [3.63, 3.8) is 0 Å². The maximum absolute atomic E-state index is 12.3. The number of nitrogens with two attached hydrogens (primary N) is 1. The van der Waals surface area contributed by atoms with Crippen LogP contribution in [0.4, 0.5) is 17.1 Å². The Morgan fingerprint density at radius 2 is 1.79 bits per heavy atom. The summed E-state index contributed by atoms with van der Waals surface area (Å²) in [6.07, 6.45) is 0. The summed E-state index contributed by atoms with van der Waals surface area (Å²) in [4.78, 5) is 19.4. The predicted octanol–water partition coefficient (Wildman–Crippen LogP) is 6.57. The molecule has 1 aromatic heterocycles. The Morgan fingerprint density at radius 3 is 2.61 bits per heavy atom.